The third-order valence-corrected chi connectivity index (χ3v) is 3.60. The molecule has 122 valence electrons. The third kappa shape index (κ3) is 7.31. The summed E-state index contributed by atoms with van der Waals surface area (Å²) < 4.78 is 12.3. The molecule has 0 bridgehead atoms. The first kappa shape index (κ1) is 19.0. The Hall–Kier alpha value is -1.01. The summed E-state index contributed by atoms with van der Waals surface area (Å²) in [5.41, 5.74) is 2.02. The van der Waals surface area contributed by atoms with Gasteiger partial charge in [0.1, 0.15) is 18.1 Å². The van der Waals surface area contributed by atoms with Crippen molar-refractivity contribution in [3.05, 3.63) is 32.7 Å². The quantitative estimate of drug-likeness (QED) is 0.557. The lowest BCUT2D eigenvalue weighted by Crippen LogP contribution is -2.03. The van der Waals surface area contributed by atoms with Gasteiger partial charge in [-0.05, 0) is 87.9 Å². The summed E-state index contributed by atoms with van der Waals surface area (Å²) in [6, 6.07) is 3.88. The van der Waals surface area contributed by atoms with Crippen LogP contribution in [0, 0.1) is 13.8 Å². The number of benzene rings is 1. The van der Waals surface area contributed by atoms with Crippen LogP contribution in [0.5, 0.6) is 11.5 Å². The number of halogens is 2. The second-order valence-electron chi connectivity index (χ2n) is 4.89. The maximum Gasteiger partial charge on any atom is 0.303 e. The minimum absolute atomic E-state index is 0.185. The maximum absolute atomic E-state index is 10.4. The number of carboxylic acids is 1. The molecule has 1 aromatic carbocycles. The molecule has 1 N–H and O–H groups in total. The first-order chi connectivity index (χ1) is 10.4. The van der Waals surface area contributed by atoms with Gasteiger partial charge in [0.2, 0.25) is 0 Å². The van der Waals surface area contributed by atoms with Crippen molar-refractivity contribution in [1.82, 2.24) is 0 Å². The van der Waals surface area contributed by atoms with E-state index in [0.29, 0.717) is 19.6 Å². The van der Waals surface area contributed by atoms with Gasteiger partial charge in [-0.3, -0.25) is 4.79 Å². The number of rotatable bonds is 9. The third-order valence-electron chi connectivity index (χ3n) is 2.95. The molecule has 0 saturated carbocycles. The zero-order chi connectivity index (χ0) is 16.5. The van der Waals surface area contributed by atoms with Crippen LogP contribution in [0.1, 0.15) is 30.4 Å². The van der Waals surface area contributed by atoms with Crippen molar-refractivity contribution in [3.63, 3.8) is 0 Å². The van der Waals surface area contributed by atoms with E-state index in [1.807, 2.05) is 32.1 Å². The summed E-state index contributed by atoms with van der Waals surface area (Å²) >= 11 is 6.56. The van der Waals surface area contributed by atoms with Crippen LogP contribution < -0.4 is 9.47 Å². The molecule has 0 amide bonds. The zero-order valence-corrected chi connectivity index (χ0v) is 15.9. The highest BCUT2D eigenvalue weighted by Crippen LogP contribution is 2.29. The summed E-state index contributed by atoms with van der Waals surface area (Å²) in [4.78, 5) is 10.4. The van der Waals surface area contributed by atoms with Crippen molar-refractivity contribution in [1.29, 1.82) is 0 Å². The molecule has 1 rings (SSSR count). The van der Waals surface area contributed by atoms with E-state index in [9.17, 15) is 4.79 Å². The standard InChI is InChI=1S/C16H20Br2O4/c1-11-9-13(21-8-6-14(17)18)10-12(2)16(11)22-7-4-3-5-15(19)20/h6,9-10H,3-5,7-8H2,1-2H3,(H,19,20). The van der Waals surface area contributed by atoms with Crippen LogP contribution in [0.2, 0.25) is 0 Å². The number of carbonyl (C=O) groups is 1. The number of aliphatic carboxylic acids is 1. The number of carboxylic acid groups (broad SMARTS) is 1. The lowest BCUT2D eigenvalue weighted by atomic mass is 10.1. The van der Waals surface area contributed by atoms with Gasteiger partial charge >= 0.3 is 5.97 Å². The van der Waals surface area contributed by atoms with E-state index in [2.05, 4.69) is 31.9 Å². The fourth-order valence-electron chi connectivity index (χ4n) is 1.97. The highest BCUT2D eigenvalue weighted by Gasteiger charge is 2.07. The van der Waals surface area contributed by atoms with E-state index in [1.54, 1.807) is 0 Å². The monoisotopic (exact) mass is 434 g/mol. The number of ether oxygens (including phenoxy) is 2. The van der Waals surface area contributed by atoms with E-state index in [4.69, 9.17) is 14.6 Å². The number of hydrogen-bond acceptors (Lipinski definition) is 3. The molecular formula is C16H20Br2O4. The lowest BCUT2D eigenvalue weighted by molar-refractivity contribution is -0.137. The van der Waals surface area contributed by atoms with Crippen molar-refractivity contribution in [2.45, 2.75) is 33.1 Å². The van der Waals surface area contributed by atoms with Crippen LogP contribution in [-0.4, -0.2) is 24.3 Å². The summed E-state index contributed by atoms with van der Waals surface area (Å²) in [5.74, 6) is 0.878. The molecule has 22 heavy (non-hydrogen) atoms. The Balaban J connectivity index is 2.54. The molecule has 0 atom stereocenters. The summed E-state index contributed by atoms with van der Waals surface area (Å²) in [6.45, 7) is 4.94. The number of hydrogen-bond donors (Lipinski definition) is 1. The second-order valence-corrected chi connectivity index (χ2v) is 7.66. The Morgan fingerprint density at radius 1 is 1.18 bits per heavy atom. The van der Waals surface area contributed by atoms with E-state index in [0.717, 1.165) is 32.4 Å². The van der Waals surface area contributed by atoms with Gasteiger partial charge in [-0.1, -0.05) is 0 Å². The molecule has 0 radical (unpaired) electrons. The van der Waals surface area contributed by atoms with Crippen LogP contribution in [0.3, 0.4) is 0 Å². The van der Waals surface area contributed by atoms with Gasteiger partial charge in [0, 0.05) is 6.42 Å². The van der Waals surface area contributed by atoms with Crippen LogP contribution in [0.4, 0.5) is 0 Å². The zero-order valence-electron chi connectivity index (χ0n) is 12.7. The van der Waals surface area contributed by atoms with E-state index < -0.39 is 5.97 Å². The molecule has 0 unspecified atom stereocenters. The normalized spacial score (nSPS) is 10.2. The molecule has 0 spiro atoms. The largest absolute Gasteiger partial charge is 0.493 e. The van der Waals surface area contributed by atoms with Crippen LogP contribution >= 0.6 is 31.9 Å². The van der Waals surface area contributed by atoms with E-state index in [1.165, 1.54) is 0 Å². The summed E-state index contributed by atoms with van der Waals surface area (Å²) in [6.07, 6.45) is 3.41. The Bertz CT molecular complexity index is 514. The molecule has 0 aliphatic carbocycles. The first-order valence-electron chi connectivity index (χ1n) is 7.00. The summed E-state index contributed by atoms with van der Waals surface area (Å²) in [5, 5.41) is 8.59. The van der Waals surface area contributed by atoms with Gasteiger partial charge in [0.25, 0.3) is 0 Å². The van der Waals surface area contributed by atoms with Gasteiger partial charge in [-0.15, -0.1) is 0 Å². The average Bonchev–Trinajstić information content (AvgIpc) is 2.40. The van der Waals surface area contributed by atoms with Crippen molar-refractivity contribution in [3.8, 4) is 11.5 Å². The van der Waals surface area contributed by atoms with Crippen molar-refractivity contribution >= 4 is 37.8 Å². The molecule has 0 aliphatic rings. The molecule has 6 heteroatoms. The topological polar surface area (TPSA) is 55.8 Å². The molecule has 0 saturated heterocycles. The molecule has 0 fully saturated rings. The van der Waals surface area contributed by atoms with Crippen molar-refractivity contribution in [2.75, 3.05) is 13.2 Å². The van der Waals surface area contributed by atoms with Gasteiger partial charge in [-0.25, -0.2) is 0 Å². The fourth-order valence-corrected chi connectivity index (χ4v) is 2.24. The molecular weight excluding hydrogens is 416 g/mol. The van der Waals surface area contributed by atoms with E-state index >= 15 is 0 Å². The molecule has 1 aromatic rings. The predicted molar refractivity (Wildman–Crippen MR) is 94.3 cm³/mol. The Morgan fingerprint density at radius 3 is 2.36 bits per heavy atom. The van der Waals surface area contributed by atoms with Crippen LogP contribution in [0.25, 0.3) is 0 Å². The highest BCUT2D eigenvalue weighted by atomic mass is 79.9. The molecule has 0 aliphatic heterocycles. The number of unbranched alkanes of at least 4 members (excludes halogenated alkanes) is 1. The second kappa shape index (κ2) is 9.90. The van der Waals surface area contributed by atoms with Crippen LogP contribution in [-0.2, 0) is 4.79 Å². The van der Waals surface area contributed by atoms with Crippen molar-refractivity contribution < 1.29 is 19.4 Å². The fraction of sp³-hybridized carbons (Fsp3) is 0.438. The SMILES string of the molecule is Cc1cc(OCC=C(Br)Br)cc(C)c1OCCCCC(=O)O. The average molecular weight is 436 g/mol. The lowest BCUT2D eigenvalue weighted by Gasteiger charge is -2.14. The molecule has 0 aromatic heterocycles. The van der Waals surface area contributed by atoms with Gasteiger partial charge in [0.15, 0.2) is 0 Å². The van der Waals surface area contributed by atoms with Crippen molar-refractivity contribution in [2.24, 2.45) is 0 Å². The van der Waals surface area contributed by atoms with Gasteiger partial charge in [-0.2, -0.15) is 0 Å². The predicted octanol–water partition coefficient (Wildman–Crippen LogP) is 4.95. The Labute approximate surface area is 147 Å². The maximum atomic E-state index is 10.4. The Kier molecular flexibility index (Phi) is 8.56. The smallest absolute Gasteiger partial charge is 0.303 e. The minimum atomic E-state index is -0.766. The first-order valence-corrected chi connectivity index (χ1v) is 8.58. The molecule has 4 nitrogen and oxygen atoms in total. The van der Waals surface area contributed by atoms with Gasteiger partial charge < -0.3 is 14.6 Å². The Morgan fingerprint density at radius 2 is 1.82 bits per heavy atom. The minimum Gasteiger partial charge on any atom is -0.493 e. The number of aryl methyl sites for hydroxylation is 2. The van der Waals surface area contributed by atoms with E-state index in [-0.39, 0.29) is 6.42 Å². The van der Waals surface area contributed by atoms with Crippen LogP contribution in [0.15, 0.2) is 21.6 Å². The van der Waals surface area contributed by atoms with Gasteiger partial charge in [0.05, 0.1) is 10.00 Å². The summed E-state index contributed by atoms with van der Waals surface area (Å²) in [7, 11) is 0. The molecule has 0 heterocycles. The highest BCUT2D eigenvalue weighted by molar-refractivity contribution is 9.28.